The summed E-state index contributed by atoms with van der Waals surface area (Å²) in [5.74, 6) is -0.703. The highest BCUT2D eigenvalue weighted by Crippen LogP contribution is 2.28. The second-order valence-corrected chi connectivity index (χ2v) is 7.68. The van der Waals surface area contributed by atoms with E-state index in [1.54, 1.807) is 9.80 Å². The molecule has 2 fully saturated rings. The third-order valence-corrected chi connectivity index (χ3v) is 5.75. The van der Waals surface area contributed by atoms with Crippen molar-refractivity contribution in [3.8, 4) is 0 Å². The SMILES string of the molecule is CCCCc1ccc(N2CC(C(=O)N3CCC(C(N)=O)CC3)CC2=O)cc1. The van der Waals surface area contributed by atoms with Crippen LogP contribution in [0.4, 0.5) is 5.69 Å². The number of unbranched alkanes of at least 4 members (excludes halogenated alkanes) is 1. The number of benzene rings is 1. The lowest BCUT2D eigenvalue weighted by Gasteiger charge is -2.32. The number of amides is 3. The Morgan fingerprint density at radius 2 is 1.78 bits per heavy atom. The summed E-state index contributed by atoms with van der Waals surface area (Å²) >= 11 is 0. The molecular weight excluding hydrogens is 342 g/mol. The molecule has 6 heteroatoms. The van der Waals surface area contributed by atoms with E-state index in [0.717, 1.165) is 24.9 Å². The van der Waals surface area contributed by atoms with Crippen molar-refractivity contribution in [3.63, 3.8) is 0 Å². The van der Waals surface area contributed by atoms with Crippen LogP contribution >= 0.6 is 0 Å². The van der Waals surface area contributed by atoms with Crippen molar-refractivity contribution in [1.29, 1.82) is 0 Å². The van der Waals surface area contributed by atoms with Gasteiger partial charge in [-0.3, -0.25) is 14.4 Å². The summed E-state index contributed by atoms with van der Waals surface area (Å²) in [6, 6.07) is 8.10. The molecule has 27 heavy (non-hydrogen) atoms. The standard InChI is InChI=1S/C21H29N3O3/c1-2-3-4-15-5-7-18(8-6-15)24-14-17(13-19(24)25)21(27)23-11-9-16(10-12-23)20(22)26/h5-8,16-17H,2-4,9-14H2,1H3,(H2,22,26). The lowest BCUT2D eigenvalue weighted by molar-refractivity contribution is -0.138. The summed E-state index contributed by atoms with van der Waals surface area (Å²) in [5, 5.41) is 0. The van der Waals surface area contributed by atoms with Crippen molar-refractivity contribution < 1.29 is 14.4 Å². The maximum absolute atomic E-state index is 12.8. The van der Waals surface area contributed by atoms with Crippen LogP contribution < -0.4 is 10.6 Å². The molecule has 6 nitrogen and oxygen atoms in total. The first-order chi connectivity index (χ1) is 13.0. The van der Waals surface area contributed by atoms with Crippen molar-refractivity contribution in [1.82, 2.24) is 4.90 Å². The van der Waals surface area contributed by atoms with E-state index in [-0.39, 0.29) is 36.0 Å². The van der Waals surface area contributed by atoms with E-state index in [0.29, 0.717) is 32.5 Å². The topological polar surface area (TPSA) is 83.7 Å². The molecule has 0 radical (unpaired) electrons. The van der Waals surface area contributed by atoms with Gasteiger partial charge in [0, 0.05) is 37.7 Å². The van der Waals surface area contributed by atoms with Gasteiger partial charge in [-0.1, -0.05) is 25.5 Å². The Kier molecular flexibility index (Phi) is 6.14. The number of piperidine rings is 1. The van der Waals surface area contributed by atoms with Crippen LogP contribution in [0.5, 0.6) is 0 Å². The first-order valence-corrected chi connectivity index (χ1v) is 9.97. The van der Waals surface area contributed by atoms with Crippen LogP contribution in [0, 0.1) is 11.8 Å². The Morgan fingerprint density at radius 1 is 1.11 bits per heavy atom. The summed E-state index contributed by atoms with van der Waals surface area (Å²) < 4.78 is 0. The van der Waals surface area contributed by atoms with Crippen LogP contribution in [-0.2, 0) is 20.8 Å². The molecule has 0 saturated carbocycles. The monoisotopic (exact) mass is 371 g/mol. The van der Waals surface area contributed by atoms with Gasteiger partial charge in [-0.05, 0) is 43.4 Å². The molecule has 2 saturated heterocycles. The van der Waals surface area contributed by atoms with Crippen molar-refractivity contribution in [2.45, 2.75) is 45.4 Å². The minimum Gasteiger partial charge on any atom is -0.369 e. The molecule has 0 bridgehead atoms. The molecule has 3 rings (SSSR count). The average Bonchev–Trinajstić information content (AvgIpc) is 3.08. The highest BCUT2D eigenvalue weighted by atomic mass is 16.2. The molecule has 1 atom stereocenters. The zero-order valence-electron chi connectivity index (χ0n) is 16.0. The van der Waals surface area contributed by atoms with Gasteiger partial charge in [-0.2, -0.15) is 0 Å². The number of hydrogen-bond acceptors (Lipinski definition) is 3. The van der Waals surface area contributed by atoms with Gasteiger partial charge < -0.3 is 15.5 Å². The molecule has 2 N–H and O–H groups in total. The van der Waals surface area contributed by atoms with Crippen molar-refractivity contribution >= 4 is 23.4 Å². The smallest absolute Gasteiger partial charge is 0.228 e. The van der Waals surface area contributed by atoms with Gasteiger partial charge in [0.25, 0.3) is 0 Å². The molecule has 1 aromatic rings. The van der Waals surface area contributed by atoms with Crippen LogP contribution in [-0.4, -0.2) is 42.3 Å². The Bertz CT molecular complexity index is 693. The largest absolute Gasteiger partial charge is 0.369 e. The van der Waals surface area contributed by atoms with E-state index in [9.17, 15) is 14.4 Å². The van der Waals surface area contributed by atoms with Gasteiger partial charge >= 0.3 is 0 Å². The highest BCUT2D eigenvalue weighted by Gasteiger charge is 2.38. The quantitative estimate of drug-likeness (QED) is 0.831. The molecule has 0 aromatic heterocycles. The first-order valence-electron chi connectivity index (χ1n) is 9.97. The summed E-state index contributed by atoms with van der Waals surface area (Å²) in [6.07, 6.45) is 4.85. The van der Waals surface area contributed by atoms with Crippen LogP contribution in [0.1, 0.15) is 44.6 Å². The predicted molar refractivity (Wildman–Crippen MR) is 104 cm³/mol. The molecule has 1 aromatic carbocycles. The van der Waals surface area contributed by atoms with Crippen LogP contribution in [0.2, 0.25) is 0 Å². The summed E-state index contributed by atoms with van der Waals surface area (Å²) in [5.41, 5.74) is 7.49. The molecular formula is C21H29N3O3. The van der Waals surface area contributed by atoms with Crippen molar-refractivity contribution in [2.75, 3.05) is 24.5 Å². The number of hydrogen-bond donors (Lipinski definition) is 1. The number of anilines is 1. The normalized spacial score (nSPS) is 20.9. The number of likely N-dealkylation sites (tertiary alicyclic amines) is 1. The Morgan fingerprint density at radius 3 is 2.37 bits per heavy atom. The van der Waals surface area contributed by atoms with Gasteiger partial charge in [-0.25, -0.2) is 0 Å². The maximum atomic E-state index is 12.8. The number of carbonyl (C=O) groups excluding carboxylic acids is 3. The third-order valence-electron chi connectivity index (χ3n) is 5.75. The number of nitrogens with two attached hydrogens (primary N) is 1. The second-order valence-electron chi connectivity index (χ2n) is 7.68. The van der Waals surface area contributed by atoms with Crippen LogP contribution in [0.25, 0.3) is 0 Å². The molecule has 1 unspecified atom stereocenters. The second kappa shape index (κ2) is 8.55. The zero-order valence-corrected chi connectivity index (χ0v) is 16.0. The Balaban J connectivity index is 1.58. The van der Waals surface area contributed by atoms with Crippen LogP contribution in [0.15, 0.2) is 24.3 Å². The number of aryl methyl sites for hydroxylation is 1. The fourth-order valence-corrected chi connectivity index (χ4v) is 3.99. The number of nitrogens with zero attached hydrogens (tertiary/aromatic N) is 2. The molecule has 2 heterocycles. The highest BCUT2D eigenvalue weighted by molar-refractivity contribution is 6.00. The number of carbonyl (C=O) groups is 3. The molecule has 0 spiro atoms. The number of primary amides is 1. The van der Waals surface area contributed by atoms with Gasteiger partial charge in [0.2, 0.25) is 17.7 Å². The van der Waals surface area contributed by atoms with Crippen molar-refractivity contribution in [2.24, 2.45) is 17.6 Å². The first kappa shape index (κ1) is 19.4. The fraction of sp³-hybridized carbons (Fsp3) is 0.571. The molecule has 146 valence electrons. The average molecular weight is 371 g/mol. The summed E-state index contributed by atoms with van der Waals surface area (Å²) in [4.78, 5) is 40.1. The minimum absolute atomic E-state index is 0.00156. The van der Waals surface area contributed by atoms with Gasteiger partial charge in [0.05, 0.1) is 5.92 Å². The van der Waals surface area contributed by atoms with E-state index >= 15 is 0 Å². The maximum Gasteiger partial charge on any atom is 0.228 e. The van der Waals surface area contributed by atoms with Crippen molar-refractivity contribution in [3.05, 3.63) is 29.8 Å². The Hall–Kier alpha value is -2.37. The summed E-state index contributed by atoms with van der Waals surface area (Å²) in [7, 11) is 0. The minimum atomic E-state index is -0.303. The lowest BCUT2D eigenvalue weighted by Crippen LogP contribution is -2.44. The summed E-state index contributed by atoms with van der Waals surface area (Å²) in [6.45, 7) is 3.69. The fourth-order valence-electron chi connectivity index (χ4n) is 3.99. The lowest BCUT2D eigenvalue weighted by atomic mass is 9.95. The van der Waals surface area contributed by atoms with E-state index in [2.05, 4.69) is 19.1 Å². The van der Waals surface area contributed by atoms with Gasteiger partial charge in [0.15, 0.2) is 0 Å². The van der Waals surface area contributed by atoms with E-state index in [4.69, 9.17) is 5.73 Å². The molecule has 2 aliphatic rings. The molecule has 3 amide bonds. The zero-order chi connectivity index (χ0) is 19.4. The number of rotatable bonds is 6. The van der Waals surface area contributed by atoms with Crippen LogP contribution in [0.3, 0.4) is 0 Å². The van der Waals surface area contributed by atoms with E-state index < -0.39 is 0 Å². The molecule has 0 aliphatic carbocycles. The predicted octanol–water partition coefficient (Wildman–Crippen LogP) is 2.11. The van der Waals surface area contributed by atoms with E-state index in [1.165, 1.54) is 5.56 Å². The van der Waals surface area contributed by atoms with Gasteiger partial charge in [0.1, 0.15) is 0 Å². The van der Waals surface area contributed by atoms with Gasteiger partial charge in [-0.15, -0.1) is 0 Å². The Labute approximate surface area is 160 Å². The third kappa shape index (κ3) is 4.49. The molecule has 2 aliphatic heterocycles. The van der Waals surface area contributed by atoms with E-state index in [1.807, 2.05) is 12.1 Å².